The summed E-state index contributed by atoms with van der Waals surface area (Å²) in [6.45, 7) is 1.74. The molecular weight excluding hydrogens is 350 g/mol. The van der Waals surface area contributed by atoms with Gasteiger partial charge in [-0.25, -0.2) is 4.79 Å². The van der Waals surface area contributed by atoms with E-state index in [0.717, 1.165) is 53.6 Å². The number of rotatable bonds is 2. The Balaban J connectivity index is 1.45. The van der Waals surface area contributed by atoms with Crippen molar-refractivity contribution in [2.24, 2.45) is 0 Å². The molecule has 1 aliphatic heterocycles. The predicted octanol–water partition coefficient (Wildman–Crippen LogP) is 3.70. The van der Waals surface area contributed by atoms with E-state index in [1.54, 1.807) is 0 Å². The minimum absolute atomic E-state index is 0.0235. The lowest BCUT2D eigenvalue weighted by Crippen LogP contribution is -2.37. The molecule has 2 aromatic heterocycles. The molecule has 132 valence electrons. The SMILES string of the molecule is O=c1[nH]c2ccccc2n1C1CCN(c2cc(Cl)cc3[nH]ncc23)CC1. The van der Waals surface area contributed by atoms with Gasteiger partial charge in [0, 0.05) is 35.2 Å². The zero-order valence-electron chi connectivity index (χ0n) is 14.1. The molecule has 0 saturated carbocycles. The average Bonchev–Trinajstić information content (AvgIpc) is 3.24. The molecule has 1 aliphatic rings. The van der Waals surface area contributed by atoms with E-state index in [4.69, 9.17) is 11.6 Å². The van der Waals surface area contributed by atoms with Crippen molar-refractivity contribution in [3.8, 4) is 0 Å². The van der Waals surface area contributed by atoms with Crippen LogP contribution in [0.2, 0.25) is 5.02 Å². The number of anilines is 1. The largest absolute Gasteiger partial charge is 0.371 e. The third-order valence-electron chi connectivity index (χ3n) is 5.30. The van der Waals surface area contributed by atoms with Crippen LogP contribution in [0.4, 0.5) is 5.69 Å². The highest BCUT2D eigenvalue weighted by Gasteiger charge is 2.25. The number of hydrogen-bond acceptors (Lipinski definition) is 3. The molecule has 0 radical (unpaired) electrons. The van der Waals surface area contributed by atoms with Crippen LogP contribution < -0.4 is 10.6 Å². The van der Waals surface area contributed by atoms with Crippen LogP contribution in [0.25, 0.3) is 21.9 Å². The van der Waals surface area contributed by atoms with Gasteiger partial charge in [-0.1, -0.05) is 23.7 Å². The van der Waals surface area contributed by atoms with Gasteiger partial charge in [0.25, 0.3) is 0 Å². The molecule has 5 rings (SSSR count). The smallest absolute Gasteiger partial charge is 0.326 e. The van der Waals surface area contributed by atoms with Crippen molar-refractivity contribution in [1.82, 2.24) is 19.7 Å². The number of benzene rings is 2. The molecule has 7 heteroatoms. The van der Waals surface area contributed by atoms with Gasteiger partial charge in [-0.2, -0.15) is 5.10 Å². The molecule has 4 aromatic rings. The Hall–Kier alpha value is -2.73. The van der Waals surface area contributed by atoms with E-state index < -0.39 is 0 Å². The summed E-state index contributed by atoms with van der Waals surface area (Å²) >= 11 is 6.27. The number of nitrogens with one attached hydrogen (secondary N) is 2. The number of imidazole rings is 1. The van der Waals surface area contributed by atoms with E-state index in [-0.39, 0.29) is 11.7 Å². The second-order valence-corrected chi connectivity index (χ2v) is 7.23. The Labute approximate surface area is 154 Å². The predicted molar refractivity (Wildman–Crippen MR) is 104 cm³/mol. The van der Waals surface area contributed by atoms with E-state index in [2.05, 4.69) is 20.1 Å². The number of para-hydroxylation sites is 2. The van der Waals surface area contributed by atoms with Crippen molar-refractivity contribution in [2.45, 2.75) is 18.9 Å². The summed E-state index contributed by atoms with van der Waals surface area (Å²) < 4.78 is 1.91. The zero-order valence-corrected chi connectivity index (χ0v) is 14.8. The Kier molecular flexibility index (Phi) is 3.53. The van der Waals surface area contributed by atoms with Crippen LogP contribution in [0.5, 0.6) is 0 Å². The second kappa shape index (κ2) is 5.92. The summed E-state index contributed by atoms with van der Waals surface area (Å²) in [7, 11) is 0. The van der Waals surface area contributed by atoms with Gasteiger partial charge in [-0.05, 0) is 37.1 Å². The molecule has 0 amide bonds. The summed E-state index contributed by atoms with van der Waals surface area (Å²) in [5.74, 6) is 0. The first kappa shape index (κ1) is 15.5. The lowest BCUT2D eigenvalue weighted by Gasteiger charge is -2.34. The maximum atomic E-state index is 12.4. The molecule has 2 aromatic carbocycles. The van der Waals surface area contributed by atoms with Crippen molar-refractivity contribution < 1.29 is 0 Å². The van der Waals surface area contributed by atoms with Gasteiger partial charge in [0.15, 0.2) is 0 Å². The highest BCUT2D eigenvalue weighted by Crippen LogP contribution is 2.33. The summed E-state index contributed by atoms with van der Waals surface area (Å²) in [4.78, 5) is 17.7. The standard InChI is InChI=1S/C19H18ClN5O/c20-12-9-16-14(11-21-23-16)18(10-12)24-7-5-13(6-8-24)25-17-4-2-1-3-15(17)22-19(25)26/h1-4,9-11,13H,5-8H2,(H,21,23)(H,22,26). The molecule has 3 heterocycles. The van der Waals surface area contributed by atoms with Crippen molar-refractivity contribution in [2.75, 3.05) is 18.0 Å². The topological polar surface area (TPSA) is 69.7 Å². The monoisotopic (exact) mass is 367 g/mol. The Morgan fingerprint density at radius 2 is 1.92 bits per heavy atom. The van der Waals surface area contributed by atoms with Gasteiger partial charge in [-0.3, -0.25) is 9.67 Å². The second-order valence-electron chi connectivity index (χ2n) is 6.79. The normalized spacial score (nSPS) is 16.0. The molecule has 0 bridgehead atoms. The highest BCUT2D eigenvalue weighted by molar-refractivity contribution is 6.31. The molecule has 0 unspecified atom stereocenters. The molecule has 26 heavy (non-hydrogen) atoms. The molecule has 1 saturated heterocycles. The highest BCUT2D eigenvalue weighted by atomic mass is 35.5. The Morgan fingerprint density at radius 3 is 2.77 bits per heavy atom. The number of aromatic nitrogens is 4. The Bertz CT molecular complexity index is 1150. The van der Waals surface area contributed by atoms with Crippen LogP contribution in [-0.2, 0) is 0 Å². The van der Waals surface area contributed by atoms with Gasteiger partial charge in [0.1, 0.15) is 0 Å². The van der Waals surface area contributed by atoms with E-state index in [1.807, 2.05) is 47.2 Å². The minimum Gasteiger partial charge on any atom is -0.371 e. The fraction of sp³-hybridized carbons (Fsp3) is 0.263. The molecule has 0 spiro atoms. The number of halogens is 1. The lowest BCUT2D eigenvalue weighted by molar-refractivity contribution is 0.397. The van der Waals surface area contributed by atoms with Crippen LogP contribution in [0.3, 0.4) is 0 Å². The van der Waals surface area contributed by atoms with Crippen LogP contribution in [0.15, 0.2) is 47.4 Å². The fourth-order valence-electron chi connectivity index (χ4n) is 4.06. The summed E-state index contributed by atoms with van der Waals surface area (Å²) in [6, 6.07) is 12.0. The first-order valence-corrected chi connectivity index (χ1v) is 9.15. The number of hydrogen-bond donors (Lipinski definition) is 2. The number of H-pyrrole nitrogens is 2. The van der Waals surface area contributed by atoms with Crippen LogP contribution in [0.1, 0.15) is 18.9 Å². The lowest BCUT2D eigenvalue weighted by atomic mass is 10.0. The van der Waals surface area contributed by atoms with Crippen LogP contribution in [-0.4, -0.2) is 32.8 Å². The average molecular weight is 368 g/mol. The van der Waals surface area contributed by atoms with Crippen LogP contribution in [0, 0.1) is 0 Å². The summed E-state index contributed by atoms with van der Waals surface area (Å²) in [5, 5.41) is 8.91. The zero-order chi connectivity index (χ0) is 17.7. The van der Waals surface area contributed by atoms with Gasteiger partial charge < -0.3 is 9.88 Å². The minimum atomic E-state index is -0.0235. The number of fused-ring (bicyclic) bond motifs is 2. The number of nitrogens with zero attached hydrogens (tertiary/aromatic N) is 3. The van der Waals surface area contributed by atoms with Crippen molar-refractivity contribution >= 4 is 39.2 Å². The maximum Gasteiger partial charge on any atom is 0.326 e. The summed E-state index contributed by atoms with van der Waals surface area (Å²) in [5.41, 5.74) is 3.91. The first-order valence-electron chi connectivity index (χ1n) is 8.77. The quantitative estimate of drug-likeness (QED) is 0.567. The van der Waals surface area contributed by atoms with Gasteiger partial charge >= 0.3 is 5.69 Å². The maximum absolute atomic E-state index is 12.4. The van der Waals surface area contributed by atoms with Gasteiger partial charge in [0.2, 0.25) is 0 Å². The molecule has 1 fully saturated rings. The van der Waals surface area contributed by atoms with Crippen molar-refractivity contribution in [3.05, 3.63) is 58.1 Å². The molecule has 6 nitrogen and oxygen atoms in total. The van der Waals surface area contributed by atoms with Crippen molar-refractivity contribution in [1.29, 1.82) is 0 Å². The number of aromatic amines is 2. The third kappa shape index (κ3) is 2.41. The van der Waals surface area contributed by atoms with E-state index in [1.165, 1.54) is 0 Å². The third-order valence-corrected chi connectivity index (χ3v) is 5.51. The number of piperidine rings is 1. The molecular formula is C19H18ClN5O. The first-order chi connectivity index (χ1) is 12.7. The van der Waals surface area contributed by atoms with E-state index in [9.17, 15) is 4.79 Å². The van der Waals surface area contributed by atoms with Crippen LogP contribution >= 0.6 is 11.6 Å². The Morgan fingerprint density at radius 1 is 1.12 bits per heavy atom. The molecule has 0 aliphatic carbocycles. The fourth-order valence-corrected chi connectivity index (χ4v) is 4.27. The van der Waals surface area contributed by atoms with Gasteiger partial charge in [0.05, 0.1) is 22.7 Å². The summed E-state index contributed by atoms with van der Waals surface area (Å²) in [6.07, 6.45) is 3.67. The van der Waals surface area contributed by atoms with E-state index >= 15 is 0 Å². The van der Waals surface area contributed by atoms with Crippen molar-refractivity contribution in [3.63, 3.8) is 0 Å². The molecule has 0 atom stereocenters. The van der Waals surface area contributed by atoms with Gasteiger partial charge in [-0.15, -0.1) is 0 Å². The van der Waals surface area contributed by atoms with E-state index in [0.29, 0.717) is 5.02 Å². The molecule has 2 N–H and O–H groups in total.